The molecular formula is C17H19N5O2S. The van der Waals surface area contributed by atoms with Gasteiger partial charge in [0.2, 0.25) is 5.91 Å². The van der Waals surface area contributed by atoms with Gasteiger partial charge < -0.3 is 10.1 Å². The molecule has 0 aliphatic carbocycles. The van der Waals surface area contributed by atoms with Crippen LogP contribution in [-0.4, -0.2) is 40.1 Å². The molecule has 1 heterocycles. The number of nitrogens with one attached hydrogen (secondary N) is 1. The van der Waals surface area contributed by atoms with Gasteiger partial charge in [0.25, 0.3) is 0 Å². The van der Waals surface area contributed by atoms with Crippen LogP contribution >= 0.6 is 11.8 Å². The number of carbonyl (C=O) groups excluding carboxylic acids is 1. The number of benzene rings is 1. The zero-order valence-electron chi connectivity index (χ0n) is 13.9. The van der Waals surface area contributed by atoms with Gasteiger partial charge in [-0.05, 0) is 24.3 Å². The number of amides is 1. The number of hydrogen-bond donors (Lipinski definition) is 1. The minimum atomic E-state index is -0.139. The highest BCUT2D eigenvalue weighted by atomic mass is 32.2. The lowest BCUT2D eigenvalue weighted by molar-refractivity contribution is -0.118. The highest BCUT2D eigenvalue weighted by Crippen LogP contribution is 2.25. The molecule has 1 aromatic carbocycles. The molecule has 0 aliphatic heterocycles. The fourth-order valence-electron chi connectivity index (χ4n) is 2.08. The summed E-state index contributed by atoms with van der Waals surface area (Å²) in [6, 6.07) is 9.52. The summed E-state index contributed by atoms with van der Waals surface area (Å²) in [5.41, 5.74) is 0.903. The average molecular weight is 357 g/mol. The summed E-state index contributed by atoms with van der Waals surface area (Å²) < 4.78 is 7.07. The normalized spacial score (nSPS) is 10.1. The van der Waals surface area contributed by atoms with Crippen LogP contribution in [0.15, 0.2) is 42.1 Å². The van der Waals surface area contributed by atoms with E-state index < -0.39 is 0 Å². The predicted molar refractivity (Wildman–Crippen MR) is 96.2 cm³/mol. The van der Waals surface area contributed by atoms with Crippen LogP contribution in [0.4, 0.5) is 0 Å². The summed E-state index contributed by atoms with van der Waals surface area (Å²) in [5, 5.41) is 20.2. The number of allylic oxidation sites excluding steroid dienone is 1. The van der Waals surface area contributed by atoms with Crippen molar-refractivity contribution in [3.63, 3.8) is 0 Å². The Balaban J connectivity index is 2.11. The lowest BCUT2D eigenvalue weighted by atomic mass is 10.2. The molecule has 0 unspecified atom stereocenters. The van der Waals surface area contributed by atoms with Crippen molar-refractivity contribution in [1.82, 2.24) is 20.1 Å². The van der Waals surface area contributed by atoms with Gasteiger partial charge in [-0.15, -0.1) is 16.8 Å². The Morgan fingerprint density at radius 3 is 2.84 bits per heavy atom. The molecule has 2 aromatic rings. The van der Waals surface area contributed by atoms with Gasteiger partial charge in [-0.3, -0.25) is 9.36 Å². The van der Waals surface area contributed by atoms with Crippen molar-refractivity contribution in [2.45, 2.75) is 18.1 Å². The van der Waals surface area contributed by atoms with E-state index in [4.69, 9.17) is 10.00 Å². The van der Waals surface area contributed by atoms with Gasteiger partial charge in [0.1, 0.15) is 5.75 Å². The van der Waals surface area contributed by atoms with E-state index in [1.807, 2.05) is 34.9 Å². The van der Waals surface area contributed by atoms with Crippen LogP contribution in [0.5, 0.6) is 5.75 Å². The van der Waals surface area contributed by atoms with Crippen molar-refractivity contribution in [2.75, 3.05) is 19.4 Å². The first-order chi connectivity index (χ1) is 12.2. The van der Waals surface area contributed by atoms with E-state index in [1.54, 1.807) is 13.2 Å². The average Bonchev–Trinajstić information content (AvgIpc) is 3.03. The SMILES string of the molecule is C=CCn1c(SCC(=O)NCCC#N)nnc1-c1ccc(OC)cc1. The van der Waals surface area contributed by atoms with Crippen molar-refractivity contribution in [2.24, 2.45) is 0 Å². The second kappa shape index (κ2) is 9.49. The summed E-state index contributed by atoms with van der Waals surface area (Å²) >= 11 is 1.30. The van der Waals surface area contributed by atoms with Crippen molar-refractivity contribution in [3.05, 3.63) is 36.9 Å². The van der Waals surface area contributed by atoms with Crippen molar-refractivity contribution < 1.29 is 9.53 Å². The molecule has 0 spiro atoms. The molecule has 1 amide bonds. The quantitative estimate of drug-likeness (QED) is 0.420. The van der Waals surface area contributed by atoms with Crippen LogP contribution in [0, 0.1) is 11.3 Å². The number of hydrogen-bond acceptors (Lipinski definition) is 6. The number of nitrogens with zero attached hydrogens (tertiary/aromatic N) is 4. The Kier molecular flexibility index (Phi) is 7.04. The Morgan fingerprint density at radius 1 is 1.44 bits per heavy atom. The number of thioether (sulfide) groups is 1. The summed E-state index contributed by atoms with van der Waals surface area (Å²) in [6.45, 7) is 4.66. The zero-order valence-corrected chi connectivity index (χ0v) is 14.8. The number of rotatable bonds is 9. The third kappa shape index (κ3) is 5.09. The molecule has 0 fully saturated rings. The monoisotopic (exact) mass is 357 g/mol. The number of nitriles is 1. The van der Waals surface area contributed by atoms with E-state index in [2.05, 4.69) is 22.1 Å². The van der Waals surface area contributed by atoms with Crippen molar-refractivity contribution >= 4 is 17.7 Å². The van der Waals surface area contributed by atoms with Crippen LogP contribution in [0.25, 0.3) is 11.4 Å². The van der Waals surface area contributed by atoms with Gasteiger partial charge in [0, 0.05) is 18.7 Å². The van der Waals surface area contributed by atoms with E-state index in [1.165, 1.54) is 11.8 Å². The zero-order chi connectivity index (χ0) is 18.1. The molecule has 25 heavy (non-hydrogen) atoms. The molecule has 7 nitrogen and oxygen atoms in total. The first-order valence-corrected chi connectivity index (χ1v) is 8.63. The Bertz CT molecular complexity index is 764. The first kappa shape index (κ1) is 18.5. The minimum absolute atomic E-state index is 0.139. The molecule has 0 saturated carbocycles. The van der Waals surface area contributed by atoms with E-state index in [0.29, 0.717) is 30.5 Å². The Morgan fingerprint density at radius 2 is 2.20 bits per heavy atom. The van der Waals surface area contributed by atoms with E-state index >= 15 is 0 Å². The molecule has 0 saturated heterocycles. The summed E-state index contributed by atoms with van der Waals surface area (Å²) in [4.78, 5) is 11.8. The Hall–Kier alpha value is -2.79. The molecule has 2 rings (SSSR count). The van der Waals surface area contributed by atoms with Gasteiger partial charge >= 0.3 is 0 Å². The lowest BCUT2D eigenvalue weighted by Crippen LogP contribution is -2.26. The van der Waals surface area contributed by atoms with Crippen LogP contribution < -0.4 is 10.1 Å². The molecule has 0 atom stereocenters. The second-order valence-corrected chi connectivity index (χ2v) is 5.92. The third-order valence-corrected chi connectivity index (χ3v) is 4.23. The lowest BCUT2D eigenvalue weighted by Gasteiger charge is -2.08. The molecule has 1 aromatic heterocycles. The summed E-state index contributed by atoms with van der Waals surface area (Å²) in [7, 11) is 1.62. The maximum absolute atomic E-state index is 11.8. The maximum atomic E-state index is 11.8. The molecule has 0 bridgehead atoms. The molecule has 8 heteroatoms. The number of carbonyl (C=O) groups is 1. The first-order valence-electron chi connectivity index (χ1n) is 7.64. The second-order valence-electron chi connectivity index (χ2n) is 4.98. The summed E-state index contributed by atoms with van der Waals surface area (Å²) in [6.07, 6.45) is 2.05. The van der Waals surface area contributed by atoms with E-state index in [-0.39, 0.29) is 11.7 Å². The highest BCUT2D eigenvalue weighted by molar-refractivity contribution is 7.99. The van der Waals surface area contributed by atoms with Crippen LogP contribution in [0.1, 0.15) is 6.42 Å². The molecule has 1 N–H and O–H groups in total. The summed E-state index contributed by atoms with van der Waals surface area (Å²) in [5.74, 6) is 1.54. The number of ether oxygens (including phenoxy) is 1. The minimum Gasteiger partial charge on any atom is -0.497 e. The smallest absolute Gasteiger partial charge is 0.230 e. The van der Waals surface area contributed by atoms with Gasteiger partial charge in [0.15, 0.2) is 11.0 Å². The topological polar surface area (TPSA) is 92.8 Å². The van der Waals surface area contributed by atoms with Gasteiger partial charge in [-0.25, -0.2) is 0 Å². The fraction of sp³-hybridized carbons (Fsp3) is 0.294. The van der Waals surface area contributed by atoms with Crippen molar-refractivity contribution in [1.29, 1.82) is 5.26 Å². The third-order valence-electron chi connectivity index (χ3n) is 3.27. The van der Waals surface area contributed by atoms with Gasteiger partial charge in [0.05, 0.1) is 25.4 Å². The Labute approximate surface area is 150 Å². The van der Waals surface area contributed by atoms with Gasteiger partial charge in [-0.1, -0.05) is 17.8 Å². The largest absolute Gasteiger partial charge is 0.497 e. The molecule has 130 valence electrons. The fourth-order valence-corrected chi connectivity index (χ4v) is 2.86. The van der Waals surface area contributed by atoms with Gasteiger partial charge in [-0.2, -0.15) is 5.26 Å². The molecule has 0 radical (unpaired) electrons. The predicted octanol–water partition coefficient (Wildman–Crippen LogP) is 2.26. The van der Waals surface area contributed by atoms with Crippen LogP contribution in [0.2, 0.25) is 0 Å². The highest BCUT2D eigenvalue weighted by Gasteiger charge is 2.15. The maximum Gasteiger partial charge on any atom is 0.230 e. The number of methoxy groups -OCH3 is 1. The van der Waals surface area contributed by atoms with E-state index in [9.17, 15) is 4.79 Å². The molecule has 0 aliphatic rings. The van der Waals surface area contributed by atoms with Crippen LogP contribution in [0.3, 0.4) is 0 Å². The number of aromatic nitrogens is 3. The standard InChI is InChI=1S/C17H19N5O2S/c1-3-11-22-16(13-5-7-14(24-2)8-6-13)20-21-17(22)25-12-15(23)19-10-4-9-18/h3,5-8H,1,4,10-12H2,2H3,(H,19,23). The van der Waals surface area contributed by atoms with Crippen molar-refractivity contribution in [3.8, 4) is 23.2 Å². The van der Waals surface area contributed by atoms with Crippen LogP contribution in [-0.2, 0) is 11.3 Å². The van der Waals surface area contributed by atoms with E-state index in [0.717, 1.165) is 11.3 Å². The molecular weight excluding hydrogens is 338 g/mol.